The lowest BCUT2D eigenvalue weighted by Crippen LogP contribution is -2.29. The first-order valence-corrected chi connectivity index (χ1v) is 8.38. The van der Waals surface area contributed by atoms with Gasteiger partial charge in [-0.05, 0) is 63.5 Å². The Kier molecular flexibility index (Phi) is 4.71. The third-order valence-electron chi connectivity index (χ3n) is 5.13. The maximum absolute atomic E-state index is 5.46. The van der Waals surface area contributed by atoms with Crippen molar-refractivity contribution in [3.63, 3.8) is 0 Å². The van der Waals surface area contributed by atoms with Crippen LogP contribution in [0.4, 0.5) is 0 Å². The number of rotatable bonds is 5. The van der Waals surface area contributed by atoms with Crippen molar-refractivity contribution in [2.24, 2.45) is 11.8 Å². The van der Waals surface area contributed by atoms with Gasteiger partial charge in [0.2, 0.25) is 5.89 Å². The standard InChI is InChI=1S/C16H27N3O/c1-2-12-5-7-14(10-12)16-18-15(20-19-16)8-6-13-4-3-9-17-11-13/h12-14,17H,2-11H2,1H3. The molecule has 2 aliphatic rings. The van der Waals surface area contributed by atoms with E-state index in [1.807, 2.05) is 0 Å². The van der Waals surface area contributed by atoms with E-state index in [0.29, 0.717) is 5.92 Å². The van der Waals surface area contributed by atoms with Gasteiger partial charge >= 0.3 is 0 Å². The Labute approximate surface area is 121 Å². The Bertz CT molecular complexity index is 412. The number of piperidine rings is 1. The molecule has 3 unspecified atom stereocenters. The van der Waals surface area contributed by atoms with Crippen molar-refractivity contribution >= 4 is 0 Å². The van der Waals surface area contributed by atoms with Crippen molar-refractivity contribution in [2.45, 2.75) is 64.2 Å². The highest BCUT2D eigenvalue weighted by Crippen LogP contribution is 2.38. The second-order valence-electron chi connectivity index (χ2n) is 6.58. The van der Waals surface area contributed by atoms with Gasteiger partial charge in [-0.15, -0.1) is 0 Å². The molecule has 20 heavy (non-hydrogen) atoms. The van der Waals surface area contributed by atoms with E-state index < -0.39 is 0 Å². The third-order valence-corrected chi connectivity index (χ3v) is 5.13. The Hall–Kier alpha value is -0.900. The molecule has 2 heterocycles. The molecular formula is C16H27N3O. The van der Waals surface area contributed by atoms with Crippen molar-refractivity contribution in [1.82, 2.24) is 15.5 Å². The van der Waals surface area contributed by atoms with Crippen LogP contribution in [0.15, 0.2) is 4.52 Å². The fourth-order valence-corrected chi connectivity index (χ4v) is 3.71. The topological polar surface area (TPSA) is 51.0 Å². The molecule has 112 valence electrons. The molecule has 1 aromatic heterocycles. The van der Waals surface area contributed by atoms with Gasteiger partial charge in [-0.1, -0.05) is 18.5 Å². The molecule has 1 saturated heterocycles. The Balaban J connectivity index is 1.49. The highest BCUT2D eigenvalue weighted by atomic mass is 16.5. The van der Waals surface area contributed by atoms with Gasteiger partial charge in [-0.2, -0.15) is 4.98 Å². The summed E-state index contributed by atoms with van der Waals surface area (Å²) < 4.78 is 5.46. The Morgan fingerprint density at radius 2 is 2.20 bits per heavy atom. The van der Waals surface area contributed by atoms with E-state index in [0.717, 1.165) is 36.5 Å². The second-order valence-corrected chi connectivity index (χ2v) is 6.58. The molecule has 4 heteroatoms. The molecule has 0 spiro atoms. The molecule has 0 aromatic carbocycles. The van der Waals surface area contributed by atoms with Crippen LogP contribution in [0.3, 0.4) is 0 Å². The monoisotopic (exact) mass is 277 g/mol. The summed E-state index contributed by atoms with van der Waals surface area (Å²) in [4.78, 5) is 4.65. The van der Waals surface area contributed by atoms with E-state index in [1.165, 1.54) is 51.5 Å². The molecule has 1 aliphatic carbocycles. The first kappa shape index (κ1) is 14.1. The van der Waals surface area contributed by atoms with Crippen LogP contribution in [0.25, 0.3) is 0 Å². The zero-order chi connectivity index (χ0) is 13.8. The lowest BCUT2D eigenvalue weighted by molar-refractivity contribution is 0.325. The third kappa shape index (κ3) is 3.40. The first-order chi connectivity index (χ1) is 9.85. The van der Waals surface area contributed by atoms with Gasteiger partial charge in [0.05, 0.1) is 0 Å². The largest absolute Gasteiger partial charge is 0.339 e. The highest BCUT2D eigenvalue weighted by molar-refractivity contribution is 4.99. The molecule has 4 nitrogen and oxygen atoms in total. The first-order valence-electron chi connectivity index (χ1n) is 8.38. The van der Waals surface area contributed by atoms with E-state index in [-0.39, 0.29) is 0 Å². The van der Waals surface area contributed by atoms with E-state index >= 15 is 0 Å². The van der Waals surface area contributed by atoms with E-state index in [9.17, 15) is 0 Å². The van der Waals surface area contributed by atoms with Crippen molar-refractivity contribution < 1.29 is 4.52 Å². The lowest BCUT2D eigenvalue weighted by Gasteiger charge is -2.21. The van der Waals surface area contributed by atoms with Crippen molar-refractivity contribution in [2.75, 3.05) is 13.1 Å². The summed E-state index contributed by atoms with van der Waals surface area (Å²) in [7, 11) is 0. The number of nitrogens with one attached hydrogen (secondary N) is 1. The molecule has 3 atom stereocenters. The van der Waals surface area contributed by atoms with E-state index in [4.69, 9.17) is 4.52 Å². The predicted molar refractivity (Wildman–Crippen MR) is 78.6 cm³/mol. The number of aryl methyl sites for hydroxylation is 1. The zero-order valence-electron chi connectivity index (χ0n) is 12.6. The maximum Gasteiger partial charge on any atom is 0.226 e. The second kappa shape index (κ2) is 6.70. The predicted octanol–water partition coefficient (Wildman–Crippen LogP) is 3.30. The molecule has 0 radical (unpaired) electrons. The molecular weight excluding hydrogens is 250 g/mol. The minimum absolute atomic E-state index is 0.550. The normalized spacial score (nSPS) is 30.8. The van der Waals surface area contributed by atoms with Gasteiger partial charge in [-0.3, -0.25) is 0 Å². The van der Waals surface area contributed by atoms with Gasteiger partial charge in [0.15, 0.2) is 5.82 Å². The molecule has 2 fully saturated rings. The van der Waals surface area contributed by atoms with Gasteiger partial charge in [0.1, 0.15) is 0 Å². The fourth-order valence-electron chi connectivity index (χ4n) is 3.71. The molecule has 3 rings (SSSR count). The summed E-state index contributed by atoms with van der Waals surface area (Å²) in [5, 5.41) is 7.69. The minimum Gasteiger partial charge on any atom is -0.339 e. The van der Waals surface area contributed by atoms with Gasteiger partial charge in [0.25, 0.3) is 0 Å². The quantitative estimate of drug-likeness (QED) is 0.897. The van der Waals surface area contributed by atoms with E-state index in [2.05, 4.69) is 22.4 Å². The van der Waals surface area contributed by atoms with Gasteiger partial charge in [-0.25, -0.2) is 0 Å². The summed E-state index contributed by atoms with van der Waals surface area (Å²) in [5.74, 6) is 4.03. The smallest absolute Gasteiger partial charge is 0.226 e. The summed E-state index contributed by atoms with van der Waals surface area (Å²) in [5.41, 5.74) is 0. The van der Waals surface area contributed by atoms with E-state index in [1.54, 1.807) is 0 Å². The molecule has 1 N–H and O–H groups in total. The van der Waals surface area contributed by atoms with Crippen LogP contribution >= 0.6 is 0 Å². The summed E-state index contributed by atoms with van der Waals surface area (Å²) in [6, 6.07) is 0. The molecule has 1 saturated carbocycles. The van der Waals surface area contributed by atoms with Crippen molar-refractivity contribution in [1.29, 1.82) is 0 Å². The molecule has 0 bridgehead atoms. The molecule has 1 aliphatic heterocycles. The van der Waals surface area contributed by atoms with Crippen molar-refractivity contribution in [3.8, 4) is 0 Å². The summed E-state index contributed by atoms with van der Waals surface area (Å²) in [6.07, 6.45) is 9.88. The lowest BCUT2D eigenvalue weighted by atomic mass is 9.95. The van der Waals surface area contributed by atoms with Crippen molar-refractivity contribution in [3.05, 3.63) is 11.7 Å². The summed E-state index contributed by atoms with van der Waals surface area (Å²) in [6.45, 7) is 4.62. The zero-order valence-corrected chi connectivity index (χ0v) is 12.6. The average molecular weight is 277 g/mol. The number of hydrogen-bond acceptors (Lipinski definition) is 4. The van der Waals surface area contributed by atoms with Crippen LogP contribution < -0.4 is 5.32 Å². The van der Waals surface area contributed by atoms with Crippen LogP contribution in [0, 0.1) is 11.8 Å². The van der Waals surface area contributed by atoms with Crippen LogP contribution in [0.2, 0.25) is 0 Å². The maximum atomic E-state index is 5.46. The highest BCUT2D eigenvalue weighted by Gasteiger charge is 2.28. The minimum atomic E-state index is 0.550. The summed E-state index contributed by atoms with van der Waals surface area (Å²) >= 11 is 0. The van der Waals surface area contributed by atoms with Crippen LogP contribution in [0.5, 0.6) is 0 Å². The van der Waals surface area contributed by atoms with Crippen LogP contribution in [-0.2, 0) is 6.42 Å². The average Bonchev–Trinajstić information content (AvgIpc) is 3.15. The van der Waals surface area contributed by atoms with Crippen LogP contribution in [0.1, 0.15) is 69.5 Å². The molecule has 1 aromatic rings. The fraction of sp³-hybridized carbons (Fsp3) is 0.875. The van der Waals surface area contributed by atoms with Crippen LogP contribution in [-0.4, -0.2) is 23.2 Å². The number of nitrogens with zero attached hydrogens (tertiary/aromatic N) is 2. The van der Waals surface area contributed by atoms with Gasteiger partial charge < -0.3 is 9.84 Å². The number of hydrogen-bond donors (Lipinski definition) is 1. The number of aromatic nitrogens is 2. The Morgan fingerprint density at radius 3 is 2.95 bits per heavy atom. The van der Waals surface area contributed by atoms with Gasteiger partial charge in [0, 0.05) is 12.3 Å². The Morgan fingerprint density at radius 1 is 1.25 bits per heavy atom. The SMILES string of the molecule is CCC1CCC(c2noc(CCC3CCCNC3)n2)C1. The molecule has 0 amide bonds.